The van der Waals surface area contributed by atoms with Crippen molar-refractivity contribution < 1.29 is 14.3 Å². The fourth-order valence-corrected chi connectivity index (χ4v) is 2.83. The van der Waals surface area contributed by atoms with Crippen molar-refractivity contribution in [2.24, 2.45) is 0 Å². The SMILES string of the molecule is CC(C)NC(=O)Nc1cccc(C(=O)N(C)c2ccc(Oc3ccccc3)cc2)c1. The number of benzene rings is 3. The third-order valence-corrected chi connectivity index (χ3v) is 4.29. The first-order chi connectivity index (χ1) is 14.4. The quantitative estimate of drug-likeness (QED) is 0.588. The number of para-hydroxylation sites is 1. The van der Waals surface area contributed by atoms with Gasteiger partial charge >= 0.3 is 6.03 Å². The maximum Gasteiger partial charge on any atom is 0.319 e. The first-order valence-corrected chi connectivity index (χ1v) is 9.71. The first kappa shape index (κ1) is 20.9. The number of carbonyl (C=O) groups excluding carboxylic acids is 2. The summed E-state index contributed by atoms with van der Waals surface area (Å²) in [5, 5.41) is 5.49. The fourth-order valence-electron chi connectivity index (χ4n) is 2.83. The van der Waals surface area contributed by atoms with Gasteiger partial charge in [0.1, 0.15) is 11.5 Å². The number of hydrogen-bond acceptors (Lipinski definition) is 3. The highest BCUT2D eigenvalue weighted by atomic mass is 16.5. The van der Waals surface area contributed by atoms with Crippen LogP contribution in [0, 0.1) is 0 Å². The first-order valence-electron chi connectivity index (χ1n) is 9.71. The van der Waals surface area contributed by atoms with Crippen molar-refractivity contribution in [1.82, 2.24) is 5.32 Å². The minimum atomic E-state index is -0.308. The molecule has 0 heterocycles. The van der Waals surface area contributed by atoms with Crippen molar-refractivity contribution in [2.45, 2.75) is 19.9 Å². The molecule has 0 aliphatic heterocycles. The molecule has 0 aliphatic rings. The average molecular weight is 403 g/mol. The Hall–Kier alpha value is -3.80. The summed E-state index contributed by atoms with van der Waals surface area (Å²) < 4.78 is 5.79. The molecule has 0 aliphatic carbocycles. The fraction of sp³-hybridized carbons (Fsp3) is 0.167. The van der Waals surface area contributed by atoms with E-state index in [9.17, 15) is 9.59 Å². The van der Waals surface area contributed by atoms with Crippen LogP contribution < -0.4 is 20.3 Å². The number of nitrogens with one attached hydrogen (secondary N) is 2. The molecule has 0 spiro atoms. The molecule has 0 saturated carbocycles. The van der Waals surface area contributed by atoms with Crippen LogP contribution in [0.1, 0.15) is 24.2 Å². The van der Waals surface area contributed by atoms with E-state index in [1.54, 1.807) is 36.2 Å². The van der Waals surface area contributed by atoms with Crippen molar-refractivity contribution in [3.05, 3.63) is 84.4 Å². The summed E-state index contributed by atoms with van der Waals surface area (Å²) in [5.41, 5.74) is 1.76. The summed E-state index contributed by atoms with van der Waals surface area (Å²) in [5.74, 6) is 1.26. The van der Waals surface area contributed by atoms with Gasteiger partial charge in [0.15, 0.2) is 0 Å². The lowest BCUT2D eigenvalue weighted by Gasteiger charge is -2.18. The van der Waals surface area contributed by atoms with Crippen LogP contribution in [0.3, 0.4) is 0 Å². The molecule has 6 heteroatoms. The Morgan fingerprint density at radius 1 is 0.867 bits per heavy atom. The second-order valence-corrected chi connectivity index (χ2v) is 7.11. The number of carbonyl (C=O) groups is 2. The second-order valence-electron chi connectivity index (χ2n) is 7.11. The Morgan fingerprint density at radius 3 is 2.20 bits per heavy atom. The monoisotopic (exact) mass is 403 g/mol. The summed E-state index contributed by atoms with van der Waals surface area (Å²) >= 11 is 0. The van der Waals surface area contributed by atoms with Gasteiger partial charge in [-0.25, -0.2) is 4.79 Å². The van der Waals surface area contributed by atoms with Crippen LogP contribution in [0.15, 0.2) is 78.9 Å². The zero-order valence-corrected chi connectivity index (χ0v) is 17.3. The van der Waals surface area contributed by atoms with Gasteiger partial charge in [-0.1, -0.05) is 24.3 Å². The lowest BCUT2D eigenvalue weighted by molar-refractivity contribution is 0.0993. The molecule has 0 saturated heterocycles. The Morgan fingerprint density at radius 2 is 1.53 bits per heavy atom. The summed E-state index contributed by atoms with van der Waals surface area (Å²) in [6.07, 6.45) is 0. The zero-order valence-electron chi connectivity index (χ0n) is 17.3. The average Bonchev–Trinajstić information content (AvgIpc) is 2.73. The molecule has 3 aromatic carbocycles. The van der Waals surface area contributed by atoms with Crippen LogP contribution >= 0.6 is 0 Å². The van der Waals surface area contributed by atoms with Gasteiger partial charge in [0.05, 0.1) is 0 Å². The van der Waals surface area contributed by atoms with E-state index in [1.807, 2.05) is 68.4 Å². The van der Waals surface area contributed by atoms with E-state index in [1.165, 1.54) is 0 Å². The van der Waals surface area contributed by atoms with Crippen molar-refractivity contribution in [1.29, 1.82) is 0 Å². The molecule has 0 unspecified atom stereocenters. The van der Waals surface area contributed by atoms with Crippen LogP contribution in [-0.4, -0.2) is 25.0 Å². The molecule has 3 amide bonds. The zero-order chi connectivity index (χ0) is 21.5. The number of urea groups is 1. The van der Waals surface area contributed by atoms with Crippen LogP contribution in [0.5, 0.6) is 11.5 Å². The third kappa shape index (κ3) is 5.61. The molecule has 0 fully saturated rings. The van der Waals surface area contributed by atoms with E-state index in [-0.39, 0.29) is 18.0 Å². The Labute approximate surface area is 176 Å². The number of anilines is 2. The molecule has 0 radical (unpaired) electrons. The van der Waals surface area contributed by atoms with Gasteiger partial charge in [-0.15, -0.1) is 0 Å². The molecule has 0 bridgehead atoms. The third-order valence-electron chi connectivity index (χ3n) is 4.29. The molecule has 3 rings (SSSR count). The van der Waals surface area contributed by atoms with Crippen molar-refractivity contribution in [3.63, 3.8) is 0 Å². The minimum absolute atomic E-state index is 0.0230. The van der Waals surface area contributed by atoms with Crippen molar-refractivity contribution in [2.75, 3.05) is 17.3 Å². The van der Waals surface area contributed by atoms with Gasteiger partial charge in [0.2, 0.25) is 0 Å². The van der Waals surface area contributed by atoms with Crippen LogP contribution in [0.25, 0.3) is 0 Å². The van der Waals surface area contributed by atoms with E-state index in [2.05, 4.69) is 10.6 Å². The van der Waals surface area contributed by atoms with Crippen molar-refractivity contribution >= 4 is 23.3 Å². The predicted octanol–water partition coefficient (Wildman–Crippen LogP) is 5.29. The Bertz CT molecular complexity index is 1000. The van der Waals surface area contributed by atoms with Gasteiger partial charge in [0, 0.05) is 30.0 Å². The summed E-state index contributed by atoms with van der Waals surface area (Å²) in [6, 6.07) is 23.4. The highest BCUT2D eigenvalue weighted by molar-refractivity contribution is 6.06. The number of ether oxygens (including phenoxy) is 1. The second kappa shape index (κ2) is 9.60. The van der Waals surface area contributed by atoms with Gasteiger partial charge < -0.3 is 20.3 Å². The van der Waals surface area contributed by atoms with Crippen molar-refractivity contribution in [3.8, 4) is 11.5 Å². The standard InChI is InChI=1S/C24H25N3O3/c1-17(2)25-24(29)26-19-9-7-8-18(16-19)23(28)27(3)20-12-14-22(15-13-20)30-21-10-5-4-6-11-21/h4-17H,1-3H3,(H2,25,26,29). The molecule has 6 nitrogen and oxygen atoms in total. The highest BCUT2D eigenvalue weighted by Gasteiger charge is 2.15. The number of hydrogen-bond donors (Lipinski definition) is 2. The smallest absolute Gasteiger partial charge is 0.319 e. The van der Waals surface area contributed by atoms with Gasteiger partial charge in [-0.3, -0.25) is 4.79 Å². The Balaban J connectivity index is 1.68. The maximum atomic E-state index is 12.9. The lowest BCUT2D eigenvalue weighted by atomic mass is 10.1. The maximum absolute atomic E-state index is 12.9. The normalized spacial score (nSPS) is 10.4. The van der Waals surface area contributed by atoms with Crippen LogP contribution in [0.2, 0.25) is 0 Å². The minimum Gasteiger partial charge on any atom is -0.457 e. The summed E-state index contributed by atoms with van der Waals surface area (Å²) in [6.45, 7) is 3.76. The molecule has 0 aromatic heterocycles. The molecule has 3 aromatic rings. The van der Waals surface area contributed by atoms with Gasteiger partial charge in [0.25, 0.3) is 5.91 Å². The van der Waals surface area contributed by atoms with Crippen LogP contribution in [0.4, 0.5) is 16.2 Å². The van der Waals surface area contributed by atoms with E-state index >= 15 is 0 Å². The number of amides is 3. The summed E-state index contributed by atoms with van der Waals surface area (Å²) in [4.78, 5) is 26.4. The van der Waals surface area contributed by atoms with E-state index < -0.39 is 0 Å². The van der Waals surface area contributed by atoms with E-state index in [0.717, 1.165) is 11.4 Å². The topological polar surface area (TPSA) is 70.7 Å². The number of rotatable bonds is 6. The molecular formula is C24H25N3O3. The lowest BCUT2D eigenvalue weighted by Crippen LogP contribution is -2.34. The predicted molar refractivity (Wildman–Crippen MR) is 119 cm³/mol. The highest BCUT2D eigenvalue weighted by Crippen LogP contribution is 2.25. The molecule has 154 valence electrons. The van der Waals surface area contributed by atoms with E-state index in [0.29, 0.717) is 17.0 Å². The molecule has 0 atom stereocenters. The van der Waals surface area contributed by atoms with E-state index in [4.69, 9.17) is 4.74 Å². The van der Waals surface area contributed by atoms with Crippen LogP contribution in [-0.2, 0) is 0 Å². The molecule has 2 N–H and O–H groups in total. The van der Waals surface area contributed by atoms with Gasteiger partial charge in [-0.05, 0) is 68.4 Å². The summed E-state index contributed by atoms with van der Waals surface area (Å²) in [7, 11) is 1.71. The Kier molecular flexibility index (Phi) is 6.70. The largest absolute Gasteiger partial charge is 0.457 e. The molecular weight excluding hydrogens is 378 g/mol. The molecule has 30 heavy (non-hydrogen) atoms. The number of nitrogens with zero attached hydrogens (tertiary/aromatic N) is 1. The van der Waals surface area contributed by atoms with Gasteiger partial charge in [-0.2, -0.15) is 0 Å².